The van der Waals surface area contributed by atoms with Gasteiger partial charge in [-0.3, -0.25) is 4.90 Å². The topological polar surface area (TPSA) is 21.1 Å². The van der Waals surface area contributed by atoms with Crippen LogP contribution in [0.4, 0.5) is 0 Å². The number of rotatable bonds is 12. The summed E-state index contributed by atoms with van der Waals surface area (Å²) in [6.07, 6.45) is 4.68. The minimum Gasteiger partial charge on any atom is -0.326 e. The van der Waals surface area contributed by atoms with E-state index in [1.807, 2.05) is 0 Å². The van der Waals surface area contributed by atoms with Gasteiger partial charge in [0, 0.05) is 30.8 Å². The van der Waals surface area contributed by atoms with E-state index in [-0.39, 0.29) is 5.41 Å². The van der Waals surface area contributed by atoms with Gasteiger partial charge in [0.25, 0.3) is 0 Å². The van der Waals surface area contributed by atoms with Gasteiger partial charge in [-0.1, -0.05) is 132 Å². The van der Waals surface area contributed by atoms with Gasteiger partial charge in [-0.25, -0.2) is 4.98 Å². The highest BCUT2D eigenvalue weighted by Crippen LogP contribution is 2.31. The summed E-state index contributed by atoms with van der Waals surface area (Å²) in [7, 11) is 0. The third-order valence-corrected chi connectivity index (χ3v) is 7.31. The van der Waals surface area contributed by atoms with E-state index in [4.69, 9.17) is 4.98 Å². The Morgan fingerprint density at radius 2 is 1.32 bits per heavy atom. The van der Waals surface area contributed by atoms with E-state index in [1.54, 1.807) is 0 Å². The largest absolute Gasteiger partial charge is 0.326 e. The van der Waals surface area contributed by atoms with Crippen molar-refractivity contribution in [2.75, 3.05) is 6.54 Å². The Morgan fingerprint density at radius 1 is 0.711 bits per heavy atom. The Labute approximate surface area is 230 Å². The number of benzene rings is 3. The first-order chi connectivity index (χ1) is 18.4. The molecule has 0 saturated carbocycles. The van der Waals surface area contributed by atoms with Gasteiger partial charge >= 0.3 is 0 Å². The monoisotopic (exact) mass is 507 g/mol. The molecule has 0 unspecified atom stereocenters. The first-order valence-corrected chi connectivity index (χ1v) is 14.4. The lowest BCUT2D eigenvalue weighted by atomic mass is 9.87. The fourth-order valence-corrected chi connectivity index (χ4v) is 5.01. The molecule has 1 aromatic heterocycles. The van der Waals surface area contributed by atoms with Crippen LogP contribution in [0.1, 0.15) is 77.1 Å². The summed E-state index contributed by atoms with van der Waals surface area (Å²) in [5.74, 6) is 1.08. The van der Waals surface area contributed by atoms with E-state index in [1.165, 1.54) is 40.8 Å². The van der Waals surface area contributed by atoms with Crippen molar-refractivity contribution in [3.8, 4) is 22.6 Å². The van der Waals surface area contributed by atoms with Crippen LogP contribution in [0.15, 0.2) is 84.9 Å². The average molecular weight is 508 g/mol. The lowest BCUT2D eigenvalue weighted by Crippen LogP contribution is -2.26. The molecule has 0 aliphatic heterocycles. The van der Waals surface area contributed by atoms with Crippen molar-refractivity contribution < 1.29 is 0 Å². The van der Waals surface area contributed by atoms with Crippen LogP contribution in [-0.2, 0) is 25.0 Å². The third-order valence-electron chi connectivity index (χ3n) is 7.31. The highest BCUT2D eigenvalue weighted by Gasteiger charge is 2.22. The van der Waals surface area contributed by atoms with Crippen LogP contribution in [0.5, 0.6) is 0 Å². The van der Waals surface area contributed by atoms with Crippen LogP contribution in [0, 0.1) is 0 Å². The average Bonchev–Trinajstić information content (AvgIpc) is 3.29. The number of imidazole rings is 1. The van der Waals surface area contributed by atoms with E-state index in [0.29, 0.717) is 0 Å². The Bertz CT molecular complexity index is 1250. The zero-order valence-corrected chi connectivity index (χ0v) is 24.1. The molecule has 0 aliphatic carbocycles. The van der Waals surface area contributed by atoms with E-state index in [0.717, 1.165) is 50.5 Å². The van der Waals surface area contributed by atoms with E-state index in [9.17, 15) is 0 Å². The molecule has 0 spiro atoms. The van der Waals surface area contributed by atoms with Gasteiger partial charge in [-0.2, -0.15) is 0 Å². The van der Waals surface area contributed by atoms with Gasteiger partial charge in [-0.15, -0.1) is 0 Å². The first kappa shape index (κ1) is 27.9. The Hall–Kier alpha value is -3.17. The molecule has 0 atom stereocenters. The first-order valence-electron chi connectivity index (χ1n) is 14.4. The number of aromatic nitrogens is 2. The van der Waals surface area contributed by atoms with Crippen molar-refractivity contribution in [2.45, 2.75) is 85.4 Å². The third kappa shape index (κ3) is 7.02. The van der Waals surface area contributed by atoms with Gasteiger partial charge in [0.1, 0.15) is 5.82 Å². The molecule has 0 aliphatic rings. The molecular formula is C35H45N3. The van der Waals surface area contributed by atoms with Crippen LogP contribution in [0.25, 0.3) is 22.6 Å². The second-order valence-electron chi connectivity index (χ2n) is 11.5. The summed E-state index contributed by atoms with van der Waals surface area (Å²) < 4.78 is 2.50. The van der Waals surface area contributed by atoms with Crippen molar-refractivity contribution in [3.05, 3.63) is 102 Å². The Balaban J connectivity index is 1.75. The van der Waals surface area contributed by atoms with Crippen molar-refractivity contribution in [1.82, 2.24) is 14.5 Å². The second-order valence-corrected chi connectivity index (χ2v) is 11.5. The SMILES string of the molecule is CCCCN(Cc1ccc(C(C)(C)C)cc1)Cc1c(-c2ccccc2)nc(-c2ccccc2)n1CCCC. The van der Waals surface area contributed by atoms with Gasteiger partial charge < -0.3 is 4.57 Å². The normalized spacial score (nSPS) is 11.8. The summed E-state index contributed by atoms with van der Waals surface area (Å²) in [6.45, 7) is 15.3. The fourth-order valence-electron chi connectivity index (χ4n) is 5.01. The molecule has 4 rings (SSSR count). The van der Waals surface area contributed by atoms with Gasteiger partial charge in [0.2, 0.25) is 0 Å². The smallest absolute Gasteiger partial charge is 0.140 e. The highest BCUT2D eigenvalue weighted by atomic mass is 15.2. The Kier molecular flexibility index (Phi) is 9.58. The number of unbranched alkanes of at least 4 members (excludes halogenated alkanes) is 2. The van der Waals surface area contributed by atoms with Crippen LogP contribution in [0.2, 0.25) is 0 Å². The molecule has 38 heavy (non-hydrogen) atoms. The fraction of sp³-hybridized carbons (Fsp3) is 0.400. The molecule has 3 nitrogen and oxygen atoms in total. The quantitative estimate of drug-likeness (QED) is 0.191. The molecule has 0 radical (unpaired) electrons. The maximum atomic E-state index is 5.32. The van der Waals surface area contributed by atoms with Crippen LogP contribution < -0.4 is 0 Å². The minimum absolute atomic E-state index is 0.171. The predicted molar refractivity (Wildman–Crippen MR) is 162 cm³/mol. The maximum absolute atomic E-state index is 5.32. The van der Waals surface area contributed by atoms with E-state index in [2.05, 4.69) is 129 Å². The summed E-state index contributed by atoms with van der Waals surface area (Å²) in [5.41, 5.74) is 7.75. The summed E-state index contributed by atoms with van der Waals surface area (Å²) in [6, 6.07) is 30.7. The Morgan fingerprint density at radius 3 is 1.89 bits per heavy atom. The maximum Gasteiger partial charge on any atom is 0.140 e. The molecule has 0 amide bonds. The van der Waals surface area contributed by atoms with Crippen molar-refractivity contribution >= 4 is 0 Å². The standard InChI is InChI=1S/C35H45N3/c1-6-8-24-37(26-28-20-22-31(23-21-28)35(3,4)5)27-32-33(29-16-12-10-13-17-29)36-34(38(32)25-9-7-2)30-18-14-11-15-19-30/h10-23H,6-9,24-27H2,1-5H3. The number of nitrogens with zero attached hydrogens (tertiary/aromatic N) is 3. The number of hydrogen-bond donors (Lipinski definition) is 0. The summed E-state index contributed by atoms with van der Waals surface area (Å²) in [4.78, 5) is 7.94. The van der Waals surface area contributed by atoms with Gasteiger partial charge in [-0.05, 0) is 35.9 Å². The summed E-state index contributed by atoms with van der Waals surface area (Å²) in [5, 5.41) is 0. The predicted octanol–water partition coefficient (Wildman–Crippen LogP) is 9.12. The molecule has 200 valence electrons. The summed E-state index contributed by atoms with van der Waals surface area (Å²) >= 11 is 0. The zero-order valence-electron chi connectivity index (χ0n) is 24.1. The zero-order chi connectivity index (χ0) is 27.0. The molecule has 0 N–H and O–H groups in total. The minimum atomic E-state index is 0.171. The molecule has 0 fully saturated rings. The lowest BCUT2D eigenvalue weighted by molar-refractivity contribution is 0.246. The lowest BCUT2D eigenvalue weighted by Gasteiger charge is -2.25. The van der Waals surface area contributed by atoms with E-state index < -0.39 is 0 Å². The molecule has 3 heteroatoms. The second kappa shape index (κ2) is 13.1. The van der Waals surface area contributed by atoms with Gasteiger partial charge in [0.05, 0.1) is 11.4 Å². The molecule has 1 heterocycles. The molecule has 4 aromatic rings. The number of hydrogen-bond acceptors (Lipinski definition) is 2. The molecule has 3 aromatic carbocycles. The van der Waals surface area contributed by atoms with Crippen LogP contribution in [0.3, 0.4) is 0 Å². The van der Waals surface area contributed by atoms with Crippen LogP contribution in [-0.4, -0.2) is 21.0 Å². The van der Waals surface area contributed by atoms with Gasteiger partial charge in [0.15, 0.2) is 0 Å². The molecular weight excluding hydrogens is 462 g/mol. The van der Waals surface area contributed by atoms with Crippen molar-refractivity contribution in [2.24, 2.45) is 0 Å². The van der Waals surface area contributed by atoms with Crippen LogP contribution >= 0.6 is 0 Å². The highest BCUT2D eigenvalue weighted by molar-refractivity contribution is 5.68. The van der Waals surface area contributed by atoms with E-state index >= 15 is 0 Å². The molecule has 0 bridgehead atoms. The van der Waals surface area contributed by atoms with Crippen molar-refractivity contribution in [1.29, 1.82) is 0 Å². The molecule has 0 saturated heterocycles. The van der Waals surface area contributed by atoms with Crippen molar-refractivity contribution in [3.63, 3.8) is 0 Å².